The lowest BCUT2D eigenvalue weighted by atomic mass is 10.2. The molecule has 0 aliphatic rings. The molecule has 0 aromatic carbocycles. The summed E-state index contributed by atoms with van der Waals surface area (Å²) in [6.45, 7) is 6.77. The van der Waals surface area contributed by atoms with Crippen LogP contribution >= 0.6 is 11.3 Å². The molecule has 1 N–H and O–H groups in total. The van der Waals surface area contributed by atoms with Gasteiger partial charge in [0.25, 0.3) is 11.5 Å². The van der Waals surface area contributed by atoms with E-state index in [0.29, 0.717) is 10.2 Å². The Labute approximate surface area is 137 Å². The molecule has 0 aliphatic carbocycles. The molecule has 0 saturated heterocycles. The predicted molar refractivity (Wildman–Crippen MR) is 87.6 cm³/mol. The number of aryl methyl sites for hydroxylation is 2. The third-order valence-electron chi connectivity index (χ3n) is 3.27. The third-order valence-corrected chi connectivity index (χ3v) is 4.38. The molecule has 0 radical (unpaired) electrons. The van der Waals surface area contributed by atoms with Crippen LogP contribution in [0.5, 0.6) is 0 Å². The number of carbonyl (C=O) groups is 2. The van der Waals surface area contributed by atoms with Gasteiger partial charge in [0.2, 0.25) is 0 Å². The number of hydrogen-bond donors (Lipinski definition) is 1. The Morgan fingerprint density at radius 1 is 1.39 bits per heavy atom. The Balaban J connectivity index is 2.08. The number of thiophene rings is 1. The predicted octanol–water partition coefficient (Wildman–Crippen LogP) is 1.14. The van der Waals surface area contributed by atoms with Gasteiger partial charge in [0, 0.05) is 10.9 Å². The lowest BCUT2D eigenvalue weighted by molar-refractivity contribution is -0.149. The van der Waals surface area contributed by atoms with Crippen LogP contribution in [0.4, 0.5) is 0 Å². The summed E-state index contributed by atoms with van der Waals surface area (Å²) in [5.74, 6) is -1.03. The van der Waals surface area contributed by atoms with Crippen LogP contribution in [0, 0.1) is 13.8 Å². The molecule has 0 fully saturated rings. The van der Waals surface area contributed by atoms with Gasteiger partial charge in [-0.15, -0.1) is 11.3 Å². The van der Waals surface area contributed by atoms with Crippen molar-refractivity contribution in [1.29, 1.82) is 0 Å². The summed E-state index contributed by atoms with van der Waals surface area (Å²) >= 11 is 1.45. The van der Waals surface area contributed by atoms with Crippen molar-refractivity contribution in [2.24, 2.45) is 0 Å². The number of hydrogen-bond acceptors (Lipinski definition) is 6. The molecule has 0 unspecified atom stereocenters. The third kappa shape index (κ3) is 3.95. The summed E-state index contributed by atoms with van der Waals surface area (Å²) in [5.41, 5.74) is 0.599. The summed E-state index contributed by atoms with van der Waals surface area (Å²) < 4.78 is 6.07. The Hall–Kier alpha value is -2.22. The minimum Gasteiger partial charge on any atom is -0.454 e. The summed E-state index contributed by atoms with van der Waals surface area (Å²) in [6.07, 6.45) is 1.33. The Morgan fingerprint density at radius 2 is 2.09 bits per heavy atom. The van der Waals surface area contributed by atoms with Gasteiger partial charge in [-0.3, -0.25) is 19.0 Å². The van der Waals surface area contributed by atoms with E-state index >= 15 is 0 Å². The molecular weight excluding hydrogens is 318 g/mol. The lowest BCUT2D eigenvalue weighted by Gasteiger charge is -2.09. The van der Waals surface area contributed by atoms with Crippen LogP contribution in [0.1, 0.15) is 24.3 Å². The average Bonchev–Trinajstić information content (AvgIpc) is 2.75. The van der Waals surface area contributed by atoms with Crippen molar-refractivity contribution in [2.75, 3.05) is 6.61 Å². The maximum Gasteiger partial charge on any atom is 0.326 e. The van der Waals surface area contributed by atoms with Crippen LogP contribution in [-0.4, -0.2) is 34.1 Å². The highest BCUT2D eigenvalue weighted by Crippen LogP contribution is 2.25. The molecule has 2 aromatic rings. The standard InChI is InChI=1S/C15H19N3O4S/c1-8(2)17-11(19)6-22-12(20)5-18-7-16-14-13(15(18)21)9(3)10(4)23-14/h7-8H,5-6H2,1-4H3,(H,17,19). The van der Waals surface area contributed by atoms with Gasteiger partial charge in [-0.2, -0.15) is 0 Å². The van der Waals surface area contributed by atoms with Gasteiger partial charge < -0.3 is 10.1 Å². The van der Waals surface area contributed by atoms with E-state index in [2.05, 4.69) is 10.3 Å². The Bertz CT molecular complexity index is 807. The van der Waals surface area contributed by atoms with E-state index in [1.807, 2.05) is 27.7 Å². The van der Waals surface area contributed by atoms with Crippen LogP contribution in [0.15, 0.2) is 11.1 Å². The minimum absolute atomic E-state index is 0.0276. The molecule has 23 heavy (non-hydrogen) atoms. The van der Waals surface area contributed by atoms with E-state index in [-0.39, 0.29) is 30.7 Å². The lowest BCUT2D eigenvalue weighted by Crippen LogP contribution is -2.35. The second kappa shape index (κ2) is 6.91. The van der Waals surface area contributed by atoms with Crippen molar-refractivity contribution < 1.29 is 14.3 Å². The first kappa shape index (κ1) is 17.1. The van der Waals surface area contributed by atoms with Crippen LogP contribution in [0.3, 0.4) is 0 Å². The van der Waals surface area contributed by atoms with Gasteiger partial charge in [-0.25, -0.2) is 4.98 Å². The fourth-order valence-electron chi connectivity index (χ4n) is 2.08. The molecule has 8 heteroatoms. The molecule has 2 heterocycles. The van der Waals surface area contributed by atoms with Gasteiger partial charge in [0.15, 0.2) is 6.61 Å². The van der Waals surface area contributed by atoms with E-state index < -0.39 is 5.97 Å². The Kier molecular flexibility index (Phi) is 5.15. The maximum atomic E-state index is 12.4. The second-order valence-corrected chi connectivity index (χ2v) is 6.73. The Morgan fingerprint density at radius 3 is 2.74 bits per heavy atom. The monoisotopic (exact) mass is 337 g/mol. The van der Waals surface area contributed by atoms with Gasteiger partial charge in [0.05, 0.1) is 11.7 Å². The number of aromatic nitrogens is 2. The highest BCUT2D eigenvalue weighted by Gasteiger charge is 2.15. The van der Waals surface area contributed by atoms with E-state index in [1.165, 1.54) is 22.2 Å². The fraction of sp³-hybridized carbons (Fsp3) is 0.467. The van der Waals surface area contributed by atoms with Crippen molar-refractivity contribution >= 4 is 33.4 Å². The summed E-state index contributed by atoms with van der Waals surface area (Å²) in [7, 11) is 0. The van der Waals surface area contributed by atoms with Crippen molar-refractivity contribution in [3.63, 3.8) is 0 Å². The number of nitrogens with zero attached hydrogens (tertiary/aromatic N) is 2. The maximum absolute atomic E-state index is 12.4. The first-order valence-corrected chi connectivity index (χ1v) is 8.01. The minimum atomic E-state index is -0.656. The molecule has 7 nitrogen and oxygen atoms in total. The van der Waals surface area contributed by atoms with Gasteiger partial charge >= 0.3 is 5.97 Å². The fourth-order valence-corrected chi connectivity index (χ4v) is 3.06. The summed E-state index contributed by atoms with van der Waals surface area (Å²) in [5, 5.41) is 3.14. The normalized spacial score (nSPS) is 11.0. The zero-order valence-corrected chi connectivity index (χ0v) is 14.3. The molecule has 2 rings (SSSR count). The van der Waals surface area contributed by atoms with Crippen LogP contribution in [0.2, 0.25) is 0 Å². The zero-order valence-electron chi connectivity index (χ0n) is 13.5. The quantitative estimate of drug-likeness (QED) is 0.826. The molecule has 0 atom stereocenters. The van der Waals surface area contributed by atoms with Crippen molar-refractivity contribution in [3.05, 3.63) is 27.1 Å². The number of fused-ring (bicyclic) bond motifs is 1. The van der Waals surface area contributed by atoms with Gasteiger partial charge in [-0.1, -0.05) is 0 Å². The molecule has 124 valence electrons. The molecule has 0 aliphatic heterocycles. The summed E-state index contributed by atoms with van der Waals surface area (Å²) in [4.78, 5) is 41.5. The van der Waals surface area contributed by atoms with E-state index in [0.717, 1.165) is 10.4 Å². The first-order chi connectivity index (χ1) is 10.8. The summed E-state index contributed by atoms with van der Waals surface area (Å²) in [6, 6.07) is -0.0276. The van der Waals surface area contributed by atoms with Gasteiger partial charge in [-0.05, 0) is 33.3 Å². The number of carbonyl (C=O) groups excluding carboxylic acids is 2. The van der Waals surface area contributed by atoms with Crippen molar-refractivity contribution in [1.82, 2.24) is 14.9 Å². The molecule has 0 bridgehead atoms. The smallest absolute Gasteiger partial charge is 0.326 e. The number of amides is 1. The van der Waals surface area contributed by atoms with Crippen molar-refractivity contribution in [3.8, 4) is 0 Å². The second-order valence-electron chi connectivity index (χ2n) is 5.52. The zero-order chi connectivity index (χ0) is 17.1. The van der Waals surface area contributed by atoms with E-state index in [9.17, 15) is 14.4 Å². The van der Waals surface area contributed by atoms with E-state index in [1.54, 1.807) is 0 Å². The average molecular weight is 337 g/mol. The SMILES string of the molecule is Cc1sc2ncn(CC(=O)OCC(=O)NC(C)C)c(=O)c2c1C. The first-order valence-electron chi connectivity index (χ1n) is 7.19. The number of rotatable bonds is 5. The molecule has 1 amide bonds. The molecule has 0 saturated carbocycles. The highest BCUT2D eigenvalue weighted by molar-refractivity contribution is 7.18. The largest absolute Gasteiger partial charge is 0.454 e. The van der Waals surface area contributed by atoms with Crippen LogP contribution in [-0.2, 0) is 20.9 Å². The molecular formula is C15H19N3O4S. The number of nitrogens with one attached hydrogen (secondary N) is 1. The highest BCUT2D eigenvalue weighted by atomic mass is 32.1. The van der Waals surface area contributed by atoms with Crippen molar-refractivity contribution in [2.45, 2.75) is 40.3 Å². The van der Waals surface area contributed by atoms with Crippen LogP contribution in [0.25, 0.3) is 10.2 Å². The van der Waals surface area contributed by atoms with E-state index in [4.69, 9.17) is 4.74 Å². The van der Waals surface area contributed by atoms with Crippen LogP contribution < -0.4 is 10.9 Å². The topological polar surface area (TPSA) is 90.3 Å². The van der Waals surface area contributed by atoms with Gasteiger partial charge in [0.1, 0.15) is 11.4 Å². The molecule has 2 aromatic heterocycles. The molecule has 0 spiro atoms. The number of ether oxygens (including phenoxy) is 1. The number of esters is 1.